The Labute approximate surface area is 164 Å². The van der Waals surface area contributed by atoms with Crippen molar-refractivity contribution in [3.8, 4) is 5.69 Å². The molecule has 1 aromatic heterocycles. The number of aromatic nitrogens is 2. The van der Waals surface area contributed by atoms with Gasteiger partial charge in [0.1, 0.15) is 0 Å². The van der Waals surface area contributed by atoms with E-state index in [9.17, 15) is 18.0 Å². The first-order valence-electron chi connectivity index (χ1n) is 9.17. The van der Waals surface area contributed by atoms with Gasteiger partial charge in [0, 0.05) is 24.5 Å². The van der Waals surface area contributed by atoms with Gasteiger partial charge < -0.3 is 9.64 Å². The highest BCUT2D eigenvalue weighted by Gasteiger charge is 2.27. The summed E-state index contributed by atoms with van der Waals surface area (Å²) in [5.41, 5.74) is 2.42. The van der Waals surface area contributed by atoms with Crippen molar-refractivity contribution < 1.29 is 22.7 Å². The largest absolute Gasteiger partial charge is 0.482 e. The number of nitrogens with one attached hydrogen (secondary N) is 1. The normalized spacial score (nSPS) is 14.4. The molecule has 2 heterocycles. The molecule has 0 bridgehead atoms. The number of hydrogen-bond donors (Lipinski definition) is 1. The van der Waals surface area contributed by atoms with Crippen LogP contribution in [0.1, 0.15) is 23.2 Å². The van der Waals surface area contributed by atoms with Gasteiger partial charge in [0.05, 0.1) is 23.7 Å². The van der Waals surface area contributed by atoms with Crippen molar-refractivity contribution >= 4 is 28.6 Å². The molecule has 0 aliphatic carbocycles. The molecule has 0 amide bonds. The summed E-state index contributed by atoms with van der Waals surface area (Å²) in [6.07, 6.45) is -2.40. The van der Waals surface area contributed by atoms with Crippen LogP contribution in [0.5, 0.6) is 0 Å². The number of carbonyl (C=O) groups is 1. The minimum absolute atomic E-state index is 0.0404. The molecule has 29 heavy (non-hydrogen) atoms. The highest BCUT2D eigenvalue weighted by Crippen LogP contribution is 2.31. The Bertz CT molecular complexity index is 1040. The number of fused-ring (bicyclic) bond motifs is 1. The molecular weight excluding hydrogens is 385 g/mol. The maximum Gasteiger partial charge on any atom is 0.482 e. The van der Waals surface area contributed by atoms with E-state index in [1.54, 1.807) is 30.3 Å². The van der Waals surface area contributed by atoms with Crippen molar-refractivity contribution in [1.82, 2.24) is 9.55 Å². The van der Waals surface area contributed by atoms with Crippen molar-refractivity contribution in [2.24, 2.45) is 0 Å². The lowest BCUT2D eigenvalue weighted by Gasteiger charge is -2.19. The molecule has 0 saturated carbocycles. The van der Waals surface area contributed by atoms with Gasteiger partial charge in [-0.05, 0) is 55.3 Å². The summed E-state index contributed by atoms with van der Waals surface area (Å²) >= 11 is 0. The Morgan fingerprint density at radius 3 is 2.41 bits per heavy atom. The number of methoxy groups -OCH3 is 1. The lowest BCUT2D eigenvalue weighted by atomic mass is 10.2. The first kappa shape index (κ1) is 19.1. The summed E-state index contributed by atoms with van der Waals surface area (Å²) in [4.78, 5) is 18.7. The minimum Gasteiger partial charge on any atom is -0.465 e. The summed E-state index contributed by atoms with van der Waals surface area (Å²) in [6, 6.07) is 11.1. The molecule has 1 N–H and O–H groups in total. The molecule has 4 rings (SSSR count). The molecule has 1 saturated heterocycles. The van der Waals surface area contributed by atoms with E-state index in [-0.39, 0.29) is 5.69 Å². The van der Waals surface area contributed by atoms with Gasteiger partial charge in [-0.25, -0.2) is 9.78 Å². The zero-order chi connectivity index (χ0) is 20.6. The zero-order valence-corrected chi connectivity index (χ0v) is 15.7. The van der Waals surface area contributed by atoms with Crippen LogP contribution in [0.25, 0.3) is 16.7 Å². The Morgan fingerprint density at radius 2 is 1.79 bits per heavy atom. The molecule has 3 aromatic rings. The number of nitrogens with zero attached hydrogens (tertiary/aromatic N) is 3. The van der Waals surface area contributed by atoms with Crippen LogP contribution in [0.4, 0.5) is 24.8 Å². The summed E-state index contributed by atoms with van der Waals surface area (Å²) < 4.78 is 44.3. The second-order valence-corrected chi connectivity index (χ2v) is 6.81. The molecule has 2 aromatic carbocycles. The van der Waals surface area contributed by atoms with E-state index < -0.39 is 12.3 Å². The smallest absolute Gasteiger partial charge is 0.465 e. The van der Waals surface area contributed by atoms with Crippen molar-refractivity contribution in [2.45, 2.75) is 19.1 Å². The molecule has 152 valence electrons. The van der Waals surface area contributed by atoms with Gasteiger partial charge in [-0.2, -0.15) is 13.2 Å². The number of imidazole rings is 1. The molecule has 0 spiro atoms. The van der Waals surface area contributed by atoms with E-state index in [1.807, 2.05) is 4.57 Å². The van der Waals surface area contributed by atoms with Gasteiger partial charge in [0.2, 0.25) is 5.95 Å². The minimum atomic E-state index is -4.49. The number of rotatable bonds is 4. The second kappa shape index (κ2) is 7.31. The van der Waals surface area contributed by atoms with Crippen LogP contribution in [0.15, 0.2) is 42.5 Å². The molecule has 1 aliphatic heterocycles. The predicted molar refractivity (Wildman–Crippen MR) is 104 cm³/mol. The monoisotopic (exact) mass is 404 g/mol. The van der Waals surface area contributed by atoms with Crippen LogP contribution in [-0.2, 0) is 4.74 Å². The maximum absolute atomic E-state index is 12.6. The number of benzene rings is 2. The van der Waals surface area contributed by atoms with Crippen molar-refractivity contribution in [3.05, 3.63) is 48.0 Å². The van der Waals surface area contributed by atoms with Crippen LogP contribution in [0, 0.1) is 0 Å². The van der Waals surface area contributed by atoms with E-state index in [0.29, 0.717) is 22.7 Å². The number of anilines is 2. The fourth-order valence-corrected chi connectivity index (χ4v) is 3.55. The van der Waals surface area contributed by atoms with Gasteiger partial charge in [-0.1, -0.05) is 0 Å². The SMILES string of the molecule is COC(=O)c1ccc2c(c1)nc(N1CCCC1)n2-c1ccc(NC(F)(F)F)cc1. The molecular formula is C20H19F3N4O2. The third-order valence-corrected chi connectivity index (χ3v) is 4.86. The highest BCUT2D eigenvalue weighted by molar-refractivity contribution is 5.94. The molecule has 1 aliphatic rings. The summed E-state index contributed by atoms with van der Waals surface area (Å²) in [5, 5.41) is 1.50. The molecule has 1 fully saturated rings. The van der Waals surface area contributed by atoms with Gasteiger partial charge in [0.15, 0.2) is 0 Å². The summed E-state index contributed by atoms with van der Waals surface area (Å²) in [5.74, 6) is 0.253. The highest BCUT2D eigenvalue weighted by atomic mass is 19.4. The topological polar surface area (TPSA) is 59.4 Å². The zero-order valence-electron chi connectivity index (χ0n) is 15.7. The van der Waals surface area contributed by atoms with E-state index in [4.69, 9.17) is 9.72 Å². The van der Waals surface area contributed by atoms with Crippen molar-refractivity contribution in [2.75, 3.05) is 30.4 Å². The lowest BCUT2D eigenvalue weighted by Crippen LogP contribution is -2.22. The fraction of sp³-hybridized carbons (Fsp3) is 0.300. The molecule has 9 heteroatoms. The number of ether oxygens (including phenoxy) is 1. The van der Waals surface area contributed by atoms with Crippen molar-refractivity contribution in [3.63, 3.8) is 0 Å². The molecule has 0 unspecified atom stereocenters. The van der Waals surface area contributed by atoms with Crippen molar-refractivity contribution in [1.29, 1.82) is 0 Å². The Kier molecular flexibility index (Phi) is 4.81. The van der Waals surface area contributed by atoms with Crippen LogP contribution in [-0.4, -0.2) is 42.0 Å². The standard InChI is InChI=1S/C20H19F3N4O2/c1-29-18(28)13-4-9-17-16(12-13)24-19(26-10-2-3-11-26)27(17)15-7-5-14(6-8-15)25-20(21,22)23/h4-9,12,25H,2-3,10-11H2,1H3. The lowest BCUT2D eigenvalue weighted by molar-refractivity contribution is -0.0999. The third-order valence-electron chi connectivity index (χ3n) is 4.86. The third kappa shape index (κ3) is 3.85. The van der Waals surface area contributed by atoms with Gasteiger partial charge in [0.25, 0.3) is 0 Å². The van der Waals surface area contributed by atoms with Crippen LogP contribution < -0.4 is 10.2 Å². The van der Waals surface area contributed by atoms with Crippen LogP contribution >= 0.6 is 0 Å². The van der Waals surface area contributed by atoms with E-state index >= 15 is 0 Å². The van der Waals surface area contributed by atoms with Gasteiger partial charge in [-0.3, -0.25) is 9.88 Å². The number of esters is 1. The summed E-state index contributed by atoms with van der Waals surface area (Å²) in [7, 11) is 1.32. The number of carbonyl (C=O) groups excluding carboxylic acids is 1. The fourth-order valence-electron chi connectivity index (χ4n) is 3.55. The van der Waals surface area contributed by atoms with E-state index in [1.165, 1.54) is 24.6 Å². The quantitative estimate of drug-likeness (QED) is 0.518. The number of alkyl halides is 3. The van der Waals surface area contributed by atoms with Crippen LogP contribution in [0.2, 0.25) is 0 Å². The average Bonchev–Trinajstić information content (AvgIpc) is 3.33. The Hall–Kier alpha value is -3.23. The second-order valence-electron chi connectivity index (χ2n) is 6.81. The van der Waals surface area contributed by atoms with E-state index in [2.05, 4.69) is 4.90 Å². The predicted octanol–water partition coefficient (Wildman–Crippen LogP) is 4.34. The van der Waals surface area contributed by atoms with Crippen LogP contribution in [0.3, 0.4) is 0 Å². The number of halogens is 3. The first-order valence-corrected chi connectivity index (χ1v) is 9.17. The molecule has 0 atom stereocenters. The Morgan fingerprint density at radius 1 is 1.10 bits per heavy atom. The maximum atomic E-state index is 12.6. The van der Waals surface area contributed by atoms with E-state index in [0.717, 1.165) is 31.4 Å². The Balaban J connectivity index is 1.80. The number of hydrogen-bond acceptors (Lipinski definition) is 5. The average molecular weight is 404 g/mol. The molecule has 6 nitrogen and oxygen atoms in total. The summed E-state index contributed by atoms with van der Waals surface area (Å²) in [6.45, 7) is 1.70. The first-order chi connectivity index (χ1) is 13.9. The molecule has 0 radical (unpaired) electrons. The van der Waals surface area contributed by atoms with Gasteiger partial charge in [-0.15, -0.1) is 0 Å². The van der Waals surface area contributed by atoms with Gasteiger partial charge >= 0.3 is 12.3 Å².